The molecule has 3 saturated heterocycles. The quantitative estimate of drug-likeness (QED) is 0.137. The Balaban J connectivity index is 1.04. The lowest BCUT2D eigenvalue weighted by Gasteiger charge is -2.70. The highest BCUT2D eigenvalue weighted by Gasteiger charge is 2.69. The Labute approximate surface area is 376 Å². The van der Waals surface area contributed by atoms with E-state index in [0.717, 1.165) is 38.5 Å². The van der Waals surface area contributed by atoms with Crippen molar-refractivity contribution < 1.29 is 84.6 Å². The van der Waals surface area contributed by atoms with Crippen molar-refractivity contribution in [1.29, 1.82) is 0 Å². The molecule has 0 aromatic carbocycles. The lowest BCUT2D eigenvalue weighted by atomic mass is 9.35. The molecule has 0 unspecified atom stereocenters. The zero-order valence-corrected chi connectivity index (χ0v) is 38.4. The number of hydrogen-bond acceptors (Lipinski definition) is 17. The first-order valence-electron chi connectivity index (χ1n) is 23.6. The first-order chi connectivity index (χ1) is 30.0. The summed E-state index contributed by atoms with van der Waals surface area (Å²) >= 11 is 0. The van der Waals surface area contributed by atoms with Gasteiger partial charge in [0.15, 0.2) is 18.9 Å². The van der Waals surface area contributed by atoms with E-state index in [1.807, 2.05) is 6.92 Å². The third-order valence-electron chi connectivity index (χ3n) is 18.6. The first-order valence-corrected chi connectivity index (χ1v) is 23.6. The summed E-state index contributed by atoms with van der Waals surface area (Å²) in [5.74, 6) is 0.0538. The minimum absolute atomic E-state index is 0.0346. The molecule has 11 N–H and O–H groups in total. The molecule has 0 aromatic rings. The predicted octanol–water partition coefficient (Wildman–Crippen LogP) is 0.144. The SMILES string of the molecule is C[C@H]1O[C@@H](O[C@H]2CC[C@]3(C)[C@@H](CC[C@]4(C)[C@@H]3C=CC3=C5CC(C)(C)CC[C@]5(CO)[C@@H](O)C[C@]34C)[C@]2(C)CO)[C@H](O)[C@@H](O[C@@H]2O[C@H](CO)[C@@H](O)[C@H](O)[C@H]2O[C@H]2OC[C@@H](O)[C@H](O)[C@H]2O)[C@H]1O. The van der Waals surface area contributed by atoms with Crippen LogP contribution in [0, 0.1) is 44.3 Å². The minimum atomic E-state index is -1.81. The summed E-state index contributed by atoms with van der Waals surface area (Å²) in [5, 5.41) is 120. The molecule has 0 amide bonds. The van der Waals surface area contributed by atoms with Crippen LogP contribution in [-0.4, -0.2) is 181 Å². The van der Waals surface area contributed by atoms with Crippen LogP contribution in [0.25, 0.3) is 0 Å². The second kappa shape index (κ2) is 17.3. The highest BCUT2D eigenvalue weighted by Crippen LogP contribution is 2.74. The van der Waals surface area contributed by atoms with E-state index in [1.165, 1.54) is 11.1 Å². The number of allylic oxidation sites excluding steroid dienone is 3. The molecule has 8 rings (SSSR count). The number of rotatable bonds is 9. The van der Waals surface area contributed by atoms with E-state index >= 15 is 0 Å². The van der Waals surface area contributed by atoms with Crippen molar-refractivity contribution in [2.24, 2.45) is 44.3 Å². The topological polar surface area (TPSA) is 278 Å². The van der Waals surface area contributed by atoms with Gasteiger partial charge in [-0.05, 0) is 91.9 Å². The summed E-state index contributed by atoms with van der Waals surface area (Å²) < 4.78 is 36.0. The second-order valence-electron chi connectivity index (χ2n) is 22.6. The zero-order chi connectivity index (χ0) is 46.7. The third kappa shape index (κ3) is 7.45. The van der Waals surface area contributed by atoms with Crippen LogP contribution < -0.4 is 0 Å². The largest absolute Gasteiger partial charge is 0.396 e. The number of fused-ring (bicyclic) bond motifs is 6. The van der Waals surface area contributed by atoms with E-state index in [0.29, 0.717) is 12.8 Å². The van der Waals surface area contributed by atoms with E-state index in [9.17, 15) is 56.2 Å². The van der Waals surface area contributed by atoms with Gasteiger partial charge in [0.2, 0.25) is 0 Å². The molecule has 6 fully saturated rings. The van der Waals surface area contributed by atoms with Crippen LogP contribution >= 0.6 is 0 Å². The van der Waals surface area contributed by atoms with E-state index in [-0.39, 0.29) is 46.7 Å². The van der Waals surface area contributed by atoms with Gasteiger partial charge in [0.25, 0.3) is 0 Å². The van der Waals surface area contributed by atoms with Crippen LogP contribution in [0.3, 0.4) is 0 Å². The van der Waals surface area contributed by atoms with Crippen LogP contribution in [-0.2, 0) is 28.4 Å². The Bertz CT molecular complexity index is 1760. The normalized spacial score (nSPS) is 55.0. The monoisotopic (exact) mass is 913 g/mol. The number of aliphatic hydroxyl groups excluding tert-OH is 11. The summed E-state index contributed by atoms with van der Waals surface area (Å²) in [7, 11) is 0. The van der Waals surface area contributed by atoms with Crippen LogP contribution in [0.2, 0.25) is 0 Å². The number of ether oxygens (including phenoxy) is 6. The average molecular weight is 913 g/mol. The van der Waals surface area contributed by atoms with Crippen molar-refractivity contribution in [3.05, 3.63) is 23.3 Å². The van der Waals surface area contributed by atoms with Gasteiger partial charge in [-0.1, -0.05) is 59.3 Å². The van der Waals surface area contributed by atoms with E-state index in [2.05, 4.69) is 46.8 Å². The van der Waals surface area contributed by atoms with Crippen molar-refractivity contribution in [3.63, 3.8) is 0 Å². The molecule has 0 bridgehead atoms. The van der Waals surface area contributed by atoms with Crippen LogP contribution in [0.5, 0.6) is 0 Å². The van der Waals surface area contributed by atoms with Gasteiger partial charge in [0, 0.05) is 16.2 Å². The molecule has 0 radical (unpaired) electrons. The standard InChI is InChI=1S/C47H76O17/c1-22-31(53)37(63-41-38(34(56)33(55)26(18-48)61-41)64-39-35(57)32(54)25(51)19-59-39)36(58)40(60-22)62-30-11-12-43(4)27(44(30,5)20-49)10-13-45(6)28(43)9-8-23-24-16-42(2,3)14-15-47(24,21-50)29(52)17-46(23,45)7/h8-9,22,25-41,48-58H,10-21H2,1-7H3/t22-,25-,26-,27-,28-,29+,30+,31+,32+,33-,34+,35-,36-,37+,38-,39-,40+,41+,43-,44+,45-,46-,47-/m1/s1. The Kier molecular flexibility index (Phi) is 13.3. The molecule has 0 aromatic heterocycles. The Morgan fingerprint density at radius 3 is 2.06 bits per heavy atom. The van der Waals surface area contributed by atoms with Crippen molar-refractivity contribution in [2.75, 3.05) is 26.4 Å². The molecule has 3 aliphatic heterocycles. The Morgan fingerprint density at radius 1 is 0.688 bits per heavy atom. The highest BCUT2D eigenvalue weighted by molar-refractivity contribution is 5.47. The van der Waals surface area contributed by atoms with Crippen LogP contribution in [0.15, 0.2) is 23.3 Å². The Hall–Kier alpha value is -1.20. The average Bonchev–Trinajstić information content (AvgIpc) is 3.24. The molecule has 8 aliphatic rings. The number of aliphatic hydroxyl groups is 11. The van der Waals surface area contributed by atoms with E-state index < -0.39 is 122 Å². The molecule has 3 saturated carbocycles. The van der Waals surface area contributed by atoms with E-state index in [1.54, 1.807) is 6.92 Å². The fourth-order valence-electron chi connectivity index (χ4n) is 14.2. The van der Waals surface area contributed by atoms with Gasteiger partial charge in [-0.3, -0.25) is 0 Å². The summed E-state index contributed by atoms with van der Waals surface area (Å²) in [5.41, 5.74) is 0.174. The fourth-order valence-corrected chi connectivity index (χ4v) is 14.2. The molecule has 366 valence electrons. The fraction of sp³-hybridized carbons (Fsp3) is 0.915. The van der Waals surface area contributed by atoms with Crippen molar-refractivity contribution in [3.8, 4) is 0 Å². The highest BCUT2D eigenvalue weighted by atomic mass is 16.8. The summed E-state index contributed by atoms with van der Waals surface area (Å²) in [6.45, 7) is 13.7. The van der Waals surface area contributed by atoms with Crippen LogP contribution in [0.4, 0.5) is 0 Å². The van der Waals surface area contributed by atoms with Crippen molar-refractivity contribution in [2.45, 2.75) is 198 Å². The van der Waals surface area contributed by atoms with Gasteiger partial charge in [-0.25, -0.2) is 0 Å². The molecule has 17 nitrogen and oxygen atoms in total. The maximum absolute atomic E-state index is 12.1. The first kappa shape index (κ1) is 49.2. The third-order valence-corrected chi connectivity index (χ3v) is 18.6. The lowest BCUT2D eigenvalue weighted by molar-refractivity contribution is -0.386. The van der Waals surface area contributed by atoms with Crippen molar-refractivity contribution in [1.82, 2.24) is 0 Å². The van der Waals surface area contributed by atoms with Gasteiger partial charge in [0.05, 0.1) is 44.7 Å². The molecular formula is C47H76O17. The smallest absolute Gasteiger partial charge is 0.187 e. The molecular weight excluding hydrogens is 837 g/mol. The van der Waals surface area contributed by atoms with E-state index in [4.69, 9.17) is 28.4 Å². The maximum atomic E-state index is 12.1. The molecule has 3 heterocycles. The van der Waals surface area contributed by atoms with Gasteiger partial charge in [-0.15, -0.1) is 0 Å². The molecule has 5 aliphatic carbocycles. The Morgan fingerprint density at radius 2 is 1.39 bits per heavy atom. The van der Waals surface area contributed by atoms with Crippen LogP contribution in [0.1, 0.15) is 99.8 Å². The van der Waals surface area contributed by atoms with Crippen molar-refractivity contribution >= 4 is 0 Å². The summed E-state index contributed by atoms with van der Waals surface area (Å²) in [6.07, 6.45) is -12.5. The number of hydrogen-bond donors (Lipinski definition) is 11. The molecule has 17 heteroatoms. The van der Waals surface area contributed by atoms with Gasteiger partial charge < -0.3 is 84.6 Å². The summed E-state index contributed by atoms with van der Waals surface area (Å²) in [4.78, 5) is 0. The predicted molar refractivity (Wildman–Crippen MR) is 225 cm³/mol. The minimum Gasteiger partial charge on any atom is -0.396 e. The lowest BCUT2D eigenvalue weighted by Crippen LogP contribution is -2.67. The zero-order valence-electron chi connectivity index (χ0n) is 38.4. The van der Waals surface area contributed by atoms with Gasteiger partial charge >= 0.3 is 0 Å². The summed E-state index contributed by atoms with van der Waals surface area (Å²) in [6, 6.07) is 0. The molecule has 64 heavy (non-hydrogen) atoms. The second-order valence-corrected chi connectivity index (χ2v) is 22.6. The maximum Gasteiger partial charge on any atom is 0.187 e. The molecule has 0 spiro atoms. The van der Waals surface area contributed by atoms with Gasteiger partial charge in [0.1, 0.15) is 61.0 Å². The van der Waals surface area contributed by atoms with Gasteiger partial charge in [-0.2, -0.15) is 0 Å². The molecule has 23 atom stereocenters.